The molecule has 3 aromatic rings. The van der Waals surface area contributed by atoms with Crippen molar-refractivity contribution < 1.29 is 47.0 Å². The van der Waals surface area contributed by atoms with Gasteiger partial charge in [0.15, 0.2) is 23.9 Å². The Morgan fingerprint density at radius 3 is 2.18 bits per heavy atom. The maximum absolute atomic E-state index is 13.8. The lowest BCUT2D eigenvalue weighted by Crippen LogP contribution is -2.33. The van der Waals surface area contributed by atoms with Crippen LogP contribution in [-0.2, 0) is 15.9 Å². The number of pyridine rings is 1. The molecule has 0 amide bonds. The van der Waals surface area contributed by atoms with E-state index in [1.165, 1.54) is 42.8 Å². The summed E-state index contributed by atoms with van der Waals surface area (Å²) >= 11 is 13.0. The van der Waals surface area contributed by atoms with Gasteiger partial charge in [0.2, 0.25) is 0 Å². The number of nitrogens with one attached hydrogen (secondary N) is 1. The van der Waals surface area contributed by atoms with Crippen LogP contribution < -0.4 is 19.2 Å². The summed E-state index contributed by atoms with van der Waals surface area (Å²) < 4.78 is 54.8. The minimum Gasteiger partial charge on any atom is -0.492 e. The number of esters is 2. The topological polar surface area (TPSA) is 97.7 Å². The summed E-state index contributed by atoms with van der Waals surface area (Å²) in [5.41, 5.74) is 1.33. The maximum atomic E-state index is 13.8. The van der Waals surface area contributed by atoms with Crippen molar-refractivity contribution in [3.8, 4) is 17.2 Å². The van der Waals surface area contributed by atoms with Crippen molar-refractivity contribution in [1.82, 2.24) is 4.90 Å². The number of benzene rings is 2. The standard InChI is InChI=1S/C37H40Cl2F2N2O7/c38-29-19-42-20-30(39)28(29)18-32(25-9-11-31(50-37(40)41)34(16-25)48-22-24-6-7-24)49-35(44)26-8-10-27(33(17-26)47-21-23-4-5-23)36(45)46-15-14-43-12-2-1-3-13-43/h8-11,16-17,19-20,23-24,32,37H,1-7,12-15,18,21-22H2/p+1/t32-/m0/s1. The fourth-order valence-corrected chi connectivity index (χ4v) is 6.29. The largest absolute Gasteiger partial charge is 0.492 e. The number of piperidine rings is 1. The molecule has 13 heteroatoms. The van der Waals surface area contributed by atoms with E-state index in [1.54, 1.807) is 12.4 Å². The first-order chi connectivity index (χ1) is 24.2. The van der Waals surface area contributed by atoms with Crippen molar-refractivity contribution in [3.05, 3.63) is 81.1 Å². The maximum Gasteiger partial charge on any atom is 0.387 e. The molecule has 3 aliphatic rings. The van der Waals surface area contributed by atoms with Crippen LogP contribution >= 0.6 is 23.2 Å². The smallest absolute Gasteiger partial charge is 0.387 e. The summed E-state index contributed by atoms with van der Waals surface area (Å²) in [6.45, 7) is 0.601. The van der Waals surface area contributed by atoms with Gasteiger partial charge in [0.1, 0.15) is 34.1 Å². The number of alkyl halides is 2. The number of halogens is 4. The predicted octanol–water partition coefficient (Wildman–Crippen LogP) is 7.77. The Kier molecular flexibility index (Phi) is 12.3. The van der Waals surface area contributed by atoms with Gasteiger partial charge < -0.3 is 23.7 Å². The third-order valence-electron chi connectivity index (χ3n) is 9.06. The van der Waals surface area contributed by atoms with Gasteiger partial charge in [0.25, 0.3) is 0 Å². The SMILES string of the molecule is O=C(O[C@@H](Cc1c(Cl)c[nH+]cc1Cl)c1ccc(OC(F)F)c(OCC2CC2)c1)c1ccc(C(=O)OCCN2CCCCC2)c(OCC2CC2)c1. The molecule has 2 aromatic carbocycles. The molecular weight excluding hydrogens is 693 g/mol. The highest BCUT2D eigenvalue weighted by Gasteiger charge is 2.28. The van der Waals surface area contributed by atoms with Crippen molar-refractivity contribution in [2.24, 2.45) is 11.8 Å². The molecular formula is C37H41Cl2F2N2O7+. The van der Waals surface area contributed by atoms with Crippen molar-refractivity contribution in [1.29, 1.82) is 0 Å². The Labute approximate surface area is 300 Å². The van der Waals surface area contributed by atoms with E-state index in [9.17, 15) is 18.4 Å². The monoisotopic (exact) mass is 733 g/mol. The summed E-state index contributed by atoms with van der Waals surface area (Å²) in [4.78, 5) is 32.1. The van der Waals surface area contributed by atoms with E-state index in [-0.39, 0.29) is 41.4 Å². The first-order valence-corrected chi connectivity index (χ1v) is 17.9. The molecule has 6 rings (SSSR count). The van der Waals surface area contributed by atoms with Crippen LogP contribution in [0.4, 0.5) is 8.78 Å². The normalized spacial score (nSPS) is 16.9. The van der Waals surface area contributed by atoms with Crippen LogP contribution in [0, 0.1) is 11.8 Å². The summed E-state index contributed by atoms with van der Waals surface area (Å²) in [5.74, 6) is -0.288. The average molecular weight is 735 g/mol. The fraction of sp³-hybridized carbons (Fsp3) is 0.486. The highest BCUT2D eigenvalue weighted by Crippen LogP contribution is 2.38. The van der Waals surface area contributed by atoms with E-state index in [1.807, 2.05) is 0 Å². The second kappa shape index (κ2) is 17.0. The van der Waals surface area contributed by atoms with Crippen LogP contribution in [0.1, 0.15) is 82.9 Å². The Hall–Kier alpha value is -3.67. The van der Waals surface area contributed by atoms with Gasteiger partial charge in [-0.15, -0.1) is 0 Å². The van der Waals surface area contributed by atoms with E-state index in [4.69, 9.17) is 46.9 Å². The molecule has 1 atom stereocenters. The highest BCUT2D eigenvalue weighted by molar-refractivity contribution is 6.35. The zero-order valence-electron chi connectivity index (χ0n) is 27.6. The van der Waals surface area contributed by atoms with Gasteiger partial charge in [-0.05, 0) is 99.3 Å². The van der Waals surface area contributed by atoms with E-state index in [0.717, 1.165) is 51.6 Å². The van der Waals surface area contributed by atoms with Crippen LogP contribution in [-0.4, -0.2) is 62.9 Å². The number of carbonyl (C=O) groups excluding carboxylic acids is 2. The van der Waals surface area contributed by atoms with Crippen molar-refractivity contribution in [3.63, 3.8) is 0 Å². The average Bonchev–Trinajstić information content (AvgIpc) is 4.04. The Bertz CT molecular complexity index is 1630. The quantitative estimate of drug-likeness (QED) is 0.130. The molecule has 1 saturated heterocycles. The number of aromatic nitrogens is 1. The van der Waals surface area contributed by atoms with Crippen LogP contribution in [0.5, 0.6) is 17.2 Å². The number of aromatic amines is 1. The molecule has 2 saturated carbocycles. The van der Waals surface area contributed by atoms with Gasteiger partial charge in [-0.3, -0.25) is 4.90 Å². The molecule has 3 fully saturated rings. The van der Waals surface area contributed by atoms with Crippen LogP contribution in [0.25, 0.3) is 0 Å². The molecule has 1 N–H and O–H groups in total. The number of nitrogens with zero attached hydrogens (tertiary/aromatic N) is 1. The van der Waals surface area contributed by atoms with Gasteiger partial charge in [-0.25, -0.2) is 14.6 Å². The summed E-state index contributed by atoms with van der Waals surface area (Å²) in [5, 5.41) is 0.639. The zero-order chi connectivity index (χ0) is 35.0. The lowest BCUT2D eigenvalue weighted by atomic mass is 10.0. The van der Waals surface area contributed by atoms with E-state index < -0.39 is 24.7 Å². The summed E-state index contributed by atoms with van der Waals surface area (Å²) in [6, 6.07) is 8.92. The van der Waals surface area contributed by atoms with Gasteiger partial charge in [-0.1, -0.05) is 35.7 Å². The van der Waals surface area contributed by atoms with E-state index >= 15 is 0 Å². The minimum atomic E-state index is -3.05. The Balaban J connectivity index is 1.24. The number of ether oxygens (including phenoxy) is 5. The second-order valence-electron chi connectivity index (χ2n) is 13.1. The van der Waals surface area contributed by atoms with Crippen LogP contribution in [0.3, 0.4) is 0 Å². The van der Waals surface area contributed by atoms with Gasteiger partial charge in [0, 0.05) is 18.5 Å². The van der Waals surface area contributed by atoms with Crippen molar-refractivity contribution in [2.45, 2.75) is 64.1 Å². The molecule has 50 heavy (non-hydrogen) atoms. The number of likely N-dealkylation sites (tertiary alicyclic amines) is 1. The molecule has 9 nitrogen and oxygen atoms in total. The first kappa shape index (κ1) is 36.1. The Morgan fingerprint density at radius 2 is 1.52 bits per heavy atom. The molecule has 1 aromatic heterocycles. The molecule has 0 spiro atoms. The lowest BCUT2D eigenvalue weighted by Gasteiger charge is -2.26. The van der Waals surface area contributed by atoms with Gasteiger partial charge in [0.05, 0.1) is 18.8 Å². The predicted molar refractivity (Wildman–Crippen MR) is 181 cm³/mol. The molecule has 268 valence electrons. The number of carbonyl (C=O) groups is 2. The van der Waals surface area contributed by atoms with Gasteiger partial charge in [-0.2, -0.15) is 8.78 Å². The number of hydrogen-bond donors (Lipinski definition) is 0. The summed E-state index contributed by atoms with van der Waals surface area (Å²) in [6.07, 6.45) is 9.76. The number of rotatable bonds is 17. The van der Waals surface area contributed by atoms with E-state index in [0.29, 0.717) is 52.8 Å². The third kappa shape index (κ3) is 10.2. The van der Waals surface area contributed by atoms with Gasteiger partial charge >= 0.3 is 18.6 Å². The third-order valence-corrected chi connectivity index (χ3v) is 9.74. The molecule has 1 aliphatic heterocycles. The van der Waals surface area contributed by atoms with E-state index in [2.05, 4.69) is 9.88 Å². The molecule has 0 unspecified atom stereocenters. The first-order valence-electron chi connectivity index (χ1n) is 17.2. The summed E-state index contributed by atoms with van der Waals surface area (Å²) in [7, 11) is 0. The van der Waals surface area contributed by atoms with Crippen LogP contribution in [0.2, 0.25) is 10.0 Å². The fourth-order valence-electron chi connectivity index (χ4n) is 5.76. The minimum absolute atomic E-state index is 0.0572. The van der Waals surface area contributed by atoms with Crippen molar-refractivity contribution in [2.75, 3.05) is 39.5 Å². The van der Waals surface area contributed by atoms with Crippen LogP contribution in [0.15, 0.2) is 48.8 Å². The van der Waals surface area contributed by atoms with Crippen molar-refractivity contribution >= 4 is 35.1 Å². The molecule has 2 heterocycles. The zero-order valence-corrected chi connectivity index (χ0v) is 29.2. The number of hydrogen-bond acceptors (Lipinski definition) is 8. The number of H-pyrrole nitrogens is 1. The Morgan fingerprint density at radius 1 is 0.840 bits per heavy atom. The second-order valence-corrected chi connectivity index (χ2v) is 13.9. The molecule has 0 radical (unpaired) electrons. The highest BCUT2D eigenvalue weighted by atomic mass is 35.5. The molecule has 2 aliphatic carbocycles. The lowest BCUT2D eigenvalue weighted by molar-refractivity contribution is -0.377. The molecule has 0 bridgehead atoms.